The summed E-state index contributed by atoms with van der Waals surface area (Å²) in [5, 5.41) is 11.9. The molecule has 27 heavy (non-hydrogen) atoms. The van der Waals surface area contributed by atoms with Crippen molar-refractivity contribution >= 4 is 11.9 Å². The Morgan fingerprint density at radius 1 is 1.15 bits per heavy atom. The van der Waals surface area contributed by atoms with Crippen molar-refractivity contribution in [1.82, 2.24) is 5.32 Å². The van der Waals surface area contributed by atoms with Crippen LogP contribution in [0, 0.1) is 0 Å². The van der Waals surface area contributed by atoms with Crippen LogP contribution in [-0.2, 0) is 11.2 Å². The SMILES string of the molecule is O=C(O)c1cccc(CCNC(=O)c2cccc(OCC3CCCO3)c2)c1. The number of carboxylic acids is 1. The third-order valence-electron chi connectivity index (χ3n) is 4.43. The Kier molecular flexibility index (Phi) is 6.44. The predicted octanol–water partition coefficient (Wildman–Crippen LogP) is 2.92. The van der Waals surface area contributed by atoms with E-state index in [2.05, 4.69) is 5.32 Å². The van der Waals surface area contributed by atoms with Crippen LogP contribution in [0.15, 0.2) is 48.5 Å². The van der Waals surface area contributed by atoms with Crippen LogP contribution in [0.4, 0.5) is 0 Å². The monoisotopic (exact) mass is 369 g/mol. The van der Waals surface area contributed by atoms with Gasteiger partial charge in [0, 0.05) is 18.7 Å². The molecule has 1 atom stereocenters. The van der Waals surface area contributed by atoms with Crippen LogP contribution in [0.1, 0.15) is 39.1 Å². The highest BCUT2D eigenvalue weighted by Crippen LogP contribution is 2.17. The summed E-state index contributed by atoms with van der Waals surface area (Å²) >= 11 is 0. The molecule has 0 aliphatic carbocycles. The highest BCUT2D eigenvalue weighted by atomic mass is 16.5. The molecule has 1 heterocycles. The van der Waals surface area contributed by atoms with Crippen molar-refractivity contribution in [2.24, 2.45) is 0 Å². The number of rotatable bonds is 8. The van der Waals surface area contributed by atoms with E-state index in [1.807, 2.05) is 12.1 Å². The van der Waals surface area contributed by atoms with Gasteiger partial charge in [-0.05, 0) is 55.2 Å². The summed E-state index contributed by atoms with van der Waals surface area (Å²) in [5.41, 5.74) is 1.64. The molecule has 6 nitrogen and oxygen atoms in total. The van der Waals surface area contributed by atoms with Crippen LogP contribution in [0.25, 0.3) is 0 Å². The van der Waals surface area contributed by atoms with Gasteiger partial charge >= 0.3 is 5.97 Å². The second-order valence-electron chi connectivity index (χ2n) is 6.49. The molecule has 1 unspecified atom stereocenters. The van der Waals surface area contributed by atoms with Crippen LogP contribution >= 0.6 is 0 Å². The van der Waals surface area contributed by atoms with E-state index in [1.54, 1.807) is 36.4 Å². The smallest absolute Gasteiger partial charge is 0.335 e. The first-order valence-electron chi connectivity index (χ1n) is 9.07. The molecule has 2 aromatic carbocycles. The van der Waals surface area contributed by atoms with Gasteiger partial charge in [0.05, 0.1) is 11.7 Å². The number of carbonyl (C=O) groups excluding carboxylic acids is 1. The minimum Gasteiger partial charge on any atom is -0.491 e. The maximum atomic E-state index is 12.3. The minimum absolute atomic E-state index is 0.129. The van der Waals surface area contributed by atoms with Gasteiger partial charge in [0.15, 0.2) is 0 Å². The minimum atomic E-state index is -0.958. The molecule has 2 aromatic rings. The molecule has 0 aromatic heterocycles. The lowest BCUT2D eigenvalue weighted by atomic mass is 10.1. The number of ether oxygens (including phenoxy) is 2. The average Bonchev–Trinajstić information content (AvgIpc) is 3.20. The molecule has 0 spiro atoms. The number of benzene rings is 2. The standard InChI is InChI=1S/C21H23NO5/c23-20(22-10-9-15-4-1-6-17(12-15)21(24)25)16-5-2-7-18(13-16)27-14-19-8-3-11-26-19/h1-2,4-7,12-13,19H,3,8-11,14H2,(H,22,23)(H,24,25). The maximum Gasteiger partial charge on any atom is 0.335 e. The lowest BCUT2D eigenvalue weighted by Gasteiger charge is -2.12. The highest BCUT2D eigenvalue weighted by Gasteiger charge is 2.16. The summed E-state index contributed by atoms with van der Waals surface area (Å²) in [7, 11) is 0. The Hall–Kier alpha value is -2.86. The summed E-state index contributed by atoms with van der Waals surface area (Å²) < 4.78 is 11.3. The number of carboxylic acid groups (broad SMARTS) is 1. The second kappa shape index (κ2) is 9.19. The van der Waals surface area contributed by atoms with Gasteiger partial charge in [-0.15, -0.1) is 0 Å². The van der Waals surface area contributed by atoms with Gasteiger partial charge in [0.2, 0.25) is 0 Å². The third-order valence-corrected chi connectivity index (χ3v) is 4.43. The van der Waals surface area contributed by atoms with Crippen LogP contribution < -0.4 is 10.1 Å². The van der Waals surface area contributed by atoms with E-state index in [1.165, 1.54) is 0 Å². The molecule has 1 saturated heterocycles. The molecular formula is C21H23NO5. The quantitative estimate of drug-likeness (QED) is 0.747. The lowest BCUT2D eigenvalue weighted by molar-refractivity contribution is 0.0679. The van der Waals surface area contributed by atoms with Gasteiger partial charge in [-0.25, -0.2) is 4.79 Å². The van der Waals surface area contributed by atoms with Crippen molar-refractivity contribution in [3.05, 3.63) is 65.2 Å². The number of hydrogen-bond donors (Lipinski definition) is 2. The third kappa shape index (κ3) is 5.56. The fourth-order valence-electron chi connectivity index (χ4n) is 2.97. The highest BCUT2D eigenvalue weighted by molar-refractivity contribution is 5.94. The second-order valence-corrected chi connectivity index (χ2v) is 6.49. The zero-order valence-electron chi connectivity index (χ0n) is 15.0. The van der Waals surface area contributed by atoms with E-state index in [9.17, 15) is 9.59 Å². The molecular weight excluding hydrogens is 346 g/mol. The number of hydrogen-bond acceptors (Lipinski definition) is 4. The Morgan fingerprint density at radius 3 is 2.74 bits per heavy atom. The molecule has 6 heteroatoms. The zero-order valence-corrected chi connectivity index (χ0v) is 15.0. The average molecular weight is 369 g/mol. The van der Waals surface area contributed by atoms with Gasteiger partial charge in [0.1, 0.15) is 12.4 Å². The van der Waals surface area contributed by atoms with Crippen molar-refractivity contribution in [3.8, 4) is 5.75 Å². The Labute approximate surface area is 158 Å². The molecule has 1 amide bonds. The van der Waals surface area contributed by atoms with Gasteiger partial charge in [-0.1, -0.05) is 18.2 Å². The Bertz CT molecular complexity index is 799. The van der Waals surface area contributed by atoms with Crippen molar-refractivity contribution in [3.63, 3.8) is 0 Å². The summed E-state index contributed by atoms with van der Waals surface area (Å²) in [6.45, 7) is 1.69. The molecule has 1 aliphatic rings. The largest absolute Gasteiger partial charge is 0.491 e. The Balaban J connectivity index is 1.49. The molecule has 0 saturated carbocycles. The van der Waals surface area contributed by atoms with Crippen molar-refractivity contribution in [2.75, 3.05) is 19.8 Å². The normalized spacial score (nSPS) is 16.1. The van der Waals surface area contributed by atoms with Gasteiger partial charge in [-0.3, -0.25) is 4.79 Å². The first-order valence-corrected chi connectivity index (χ1v) is 9.07. The number of aromatic carboxylic acids is 1. The van der Waals surface area contributed by atoms with E-state index >= 15 is 0 Å². The van der Waals surface area contributed by atoms with E-state index < -0.39 is 5.97 Å². The molecule has 1 fully saturated rings. The molecule has 2 N–H and O–H groups in total. The lowest BCUT2D eigenvalue weighted by Crippen LogP contribution is -2.25. The molecule has 0 radical (unpaired) electrons. The summed E-state index contributed by atoms with van der Waals surface area (Å²) in [4.78, 5) is 23.3. The molecule has 142 valence electrons. The van der Waals surface area contributed by atoms with E-state index in [-0.39, 0.29) is 17.6 Å². The van der Waals surface area contributed by atoms with Gasteiger partial charge in [0.25, 0.3) is 5.91 Å². The number of nitrogens with one attached hydrogen (secondary N) is 1. The summed E-state index contributed by atoms with van der Waals surface area (Å²) in [6, 6.07) is 13.8. The van der Waals surface area contributed by atoms with Gasteiger partial charge < -0.3 is 19.9 Å². The topological polar surface area (TPSA) is 84.9 Å². The molecule has 1 aliphatic heterocycles. The number of carbonyl (C=O) groups is 2. The van der Waals surface area contributed by atoms with E-state index in [0.717, 1.165) is 25.0 Å². The summed E-state index contributed by atoms with van der Waals surface area (Å²) in [5.74, 6) is -0.500. The fourth-order valence-corrected chi connectivity index (χ4v) is 2.97. The van der Waals surface area contributed by atoms with Gasteiger partial charge in [-0.2, -0.15) is 0 Å². The summed E-state index contributed by atoms with van der Waals surface area (Å²) in [6.07, 6.45) is 2.75. The van der Waals surface area contributed by atoms with Crippen LogP contribution in [-0.4, -0.2) is 42.8 Å². The predicted molar refractivity (Wildman–Crippen MR) is 100 cm³/mol. The fraction of sp³-hybridized carbons (Fsp3) is 0.333. The maximum absolute atomic E-state index is 12.3. The first kappa shape index (κ1) is 18.9. The van der Waals surface area contributed by atoms with Crippen molar-refractivity contribution in [2.45, 2.75) is 25.4 Å². The van der Waals surface area contributed by atoms with Crippen molar-refractivity contribution < 1.29 is 24.2 Å². The number of amides is 1. The van der Waals surface area contributed by atoms with Crippen LogP contribution in [0.5, 0.6) is 5.75 Å². The van der Waals surface area contributed by atoms with E-state index in [0.29, 0.717) is 30.9 Å². The van der Waals surface area contributed by atoms with E-state index in [4.69, 9.17) is 14.6 Å². The Morgan fingerprint density at radius 2 is 1.96 bits per heavy atom. The van der Waals surface area contributed by atoms with Crippen LogP contribution in [0.2, 0.25) is 0 Å². The van der Waals surface area contributed by atoms with Crippen molar-refractivity contribution in [1.29, 1.82) is 0 Å². The van der Waals surface area contributed by atoms with Crippen LogP contribution in [0.3, 0.4) is 0 Å². The molecule has 0 bridgehead atoms. The first-order chi connectivity index (χ1) is 13.1. The zero-order chi connectivity index (χ0) is 19.1. The molecule has 3 rings (SSSR count).